The van der Waals surface area contributed by atoms with E-state index in [2.05, 4.69) is 32.1 Å². The molecule has 12 heteroatoms. The lowest BCUT2D eigenvalue weighted by Gasteiger charge is -2.32. The van der Waals surface area contributed by atoms with Gasteiger partial charge in [0.2, 0.25) is 5.82 Å². The zero-order chi connectivity index (χ0) is 23.0. The molecule has 0 saturated carbocycles. The van der Waals surface area contributed by atoms with E-state index in [4.69, 9.17) is 23.2 Å². The summed E-state index contributed by atoms with van der Waals surface area (Å²) in [5, 5.41) is 2.99. The Labute approximate surface area is 195 Å². The highest BCUT2D eigenvalue weighted by atomic mass is 35.5. The fourth-order valence-electron chi connectivity index (χ4n) is 3.57. The van der Waals surface area contributed by atoms with Gasteiger partial charge in [0, 0.05) is 18.7 Å². The van der Waals surface area contributed by atoms with Crippen molar-refractivity contribution >= 4 is 50.5 Å². The van der Waals surface area contributed by atoms with E-state index >= 15 is 0 Å². The molecule has 0 aliphatic carbocycles. The molecule has 3 aromatic rings. The van der Waals surface area contributed by atoms with Gasteiger partial charge in [-0.3, -0.25) is 0 Å². The van der Waals surface area contributed by atoms with E-state index in [-0.39, 0.29) is 26.7 Å². The Morgan fingerprint density at radius 1 is 1.22 bits per heavy atom. The predicted octanol–water partition coefficient (Wildman–Crippen LogP) is 7.04. The number of thiazole rings is 1. The number of rotatable bonds is 4. The van der Waals surface area contributed by atoms with Crippen LogP contribution in [0, 0.1) is 11.7 Å². The topological polar surface area (TPSA) is 53.9 Å². The van der Waals surface area contributed by atoms with Crippen LogP contribution < -0.4 is 10.2 Å². The lowest BCUT2D eigenvalue weighted by atomic mass is 10.00. The summed E-state index contributed by atoms with van der Waals surface area (Å²) in [6, 6.07) is 3.69. The summed E-state index contributed by atoms with van der Waals surface area (Å²) < 4.78 is 54.6. The first-order valence-electron chi connectivity index (χ1n) is 9.69. The SMILES string of the molecule is C[C@H]1CCCN(c2sc(Nc3ncnc(Cl)c3F)nc2-c2ccc(Cl)c(C(F)(F)F)c2)C1. The van der Waals surface area contributed by atoms with Crippen molar-refractivity contribution in [3.8, 4) is 11.3 Å². The van der Waals surface area contributed by atoms with Crippen LogP contribution >= 0.6 is 34.5 Å². The Morgan fingerprint density at radius 2 is 2.00 bits per heavy atom. The van der Waals surface area contributed by atoms with E-state index in [0.717, 1.165) is 38.3 Å². The van der Waals surface area contributed by atoms with Gasteiger partial charge in [0.15, 0.2) is 16.1 Å². The number of aromatic nitrogens is 3. The van der Waals surface area contributed by atoms with Gasteiger partial charge in [0.1, 0.15) is 17.0 Å². The van der Waals surface area contributed by atoms with Crippen LogP contribution in [0.2, 0.25) is 10.2 Å². The largest absolute Gasteiger partial charge is 0.417 e. The lowest BCUT2D eigenvalue weighted by Crippen LogP contribution is -2.33. The quantitative estimate of drug-likeness (QED) is 0.304. The van der Waals surface area contributed by atoms with Gasteiger partial charge in [0.05, 0.1) is 10.6 Å². The molecule has 0 radical (unpaired) electrons. The Kier molecular flexibility index (Phi) is 6.46. The molecule has 5 nitrogen and oxygen atoms in total. The molecule has 0 bridgehead atoms. The third kappa shape index (κ3) is 4.77. The summed E-state index contributed by atoms with van der Waals surface area (Å²) in [7, 11) is 0. The minimum atomic E-state index is -4.61. The van der Waals surface area contributed by atoms with Crippen LogP contribution in [0.5, 0.6) is 0 Å². The van der Waals surface area contributed by atoms with Gasteiger partial charge >= 0.3 is 6.18 Å². The standard InChI is InChI=1S/C20H17Cl2F4N5S/c1-10-3-2-6-31(8-10)18-15(11-4-5-13(21)12(7-11)20(24,25)26)29-19(32-18)30-17-14(23)16(22)27-9-28-17/h4-5,7,9-10H,2-3,6,8H2,1H3,(H,27,28,29,30)/t10-/m0/s1. The molecule has 0 spiro atoms. The first-order valence-corrected chi connectivity index (χ1v) is 11.3. The molecule has 1 aliphatic heterocycles. The molecule has 1 N–H and O–H groups in total. The van der Waals surface area contributed by atoms with Crippen molar-refractivity contribution in [1.82, 2.24) is 15.0 Å². The third-order valence-corrected chi connectivity index (χ3v) is 6.70. The average Bonchev–Trinajstić information content (AvgIpc) is 3.15. The van der Waals surface area contributed by atoms with Crippen molar-refractivity contribution in [2.24, 2.45) is 5.92 Å². The summed E-state index contributed by atoms with van der Waals surface area (Å²) >= 11 is 12.7. The average molecular weight is 506 g/mol. The minimum Gasteiger partial charge on any atom is -0.361 e. The molecule has 1 aromatic carbocycles. The van der Waals surface area contributed by atoms with Crippen LogP contribution in [0.1, 0.15) is 25.3 Å². The highest BCUT2D eigenvalue weighted by Crippen LogP contribution is 2.44. The van der Waals surface area contributed by atoms with Gasteiger partial charge in [0.25, 0.3) is 0 Å². The Bertz CT molecular complexity index is 1140. The third-order valence-electron chi connectivity index (χ3n) is 5.07. The molecule has 170 valence electrons. The van der Waals surface area contributed by atoms with Crippen LogP contribution in [0.15, 0.2) is 24.5 Å². The van der Waals surface area contributed by atoms with E-state index in [1.54, 1.807) is 0 Å². The second-order valence-electron chi connectivity index (χ2n) is 7.51. The predicted molar refractivity (Wildman–Crippen MR) is 118 cm³/mol. The van der Waals surface area contributed by atoms with Crippen LogP contribution in [0.25, 0.3) is 11.3 Å². The molecular formula is C20H17Cl2F4N5S. The summed E-state index contributed by atoms with van der Waals surface area (Å²) in [5.74, 6) is -0.593. The number of nitrogens with zero attached hydrogens (tertiary/aromatic N) is 4. The molecule has 1 aliphatic rings. The molecule has 1 atom stereocenters. The van der Waals surface area contributed by atoms with Gasteiger partial charge < -0.3 is 10.2 Å². The molecule has 2 aromatic heterocycles. The van der Waals surface area contributed by atoms with Crippen molar-refractivity contribution in [2.75, 3.05) is 23.3 Å². The minimum absolute atomic E-state index is 0.170. The summed E-state index contributed by atoms with van der Waals surface area (Å²) in [5.41, 5.74) is -0.319. The van der Waals surface area contributed by atoms with Crippen LogP contribution in [-0.2, 0) is 6.18 Å². The van der Waals surface area contributed by atoms with E-state index in [1.165, 1.54) is 23.5 Å². The number of hydrogen-bond acceptors (Lipinski definition) is 6. The second kappa shape index (κ2) is 8.99. The highest BCUT2D eigenvalue weighted by molar-refractivity contribution is 7.20. The first-order chi connectivity index (χ1) is 15.1. The molecule has 1 saturated heterocycles. The van der Waals surface area contributed by atoms with Crippen molar-refractivity contribution in [3.05, 3.63) is 46.1 Å². The molecule has 3 heterocycles. The number of alkyl halides is 3. The smallest absolute Gasteiger partial charge is 0.361 e. The van der Waals surface area contributed by atoms with Crippen molar-refractivity contribution < 1.29 is 17.6 Å². The van der Waals surface area contributed by atoms with E-state index in [0.29, 0.717) is 16.6 Å². The zero-order valence-corrected chi connectivity index (χ0v) is 19.0. The maximum Gasteiger partial charge on any atom is 0.417 e. The van der Waals surface area contributed by atoms with Gasteiger partial charge in [-0.15, -0.1) is 0 Å². The molecule has 32 heavy (non-hydrogen) atoms. The van der Waals surface area contributed by atoms with Crippen LogP contribution in [0.3, 0.4) is 0 Å². The maximum atomic E-state index is 14.3. The van der Waals surface area contributed by atoms with E-state index in [1.807, 2.05) is 0 Å². The molecule has 0 unspecified atom stereocenters. The van der Waals surface area contributed by atoms with E-state index in [9.17, 15) is 17.6 Å². The van der Waals surface area contributed by atoms with Crippen LogP contribution in [-0.4, -0.2) is 28.0 Å². The Morgan fingerprint density at radius 3 is 2.72 bits per heavy atom. The second-order valence-corrected chi connectivity index (χ2v) is 9.25. The summed E-state index contributed by atoms with van der Waals surface area (Å²) in [4.78, 5) is 14.0. The molecule has 4 rings (SSSR count). The van der Waals surface area contributed by atoms with Crippen molar-refractivity contribution in [2.45, 2.75) is 25.9 Å². The lowest BCUT2D eigenvalue weighted by molar-refractivity contribution is -0.137. The summed E-state index contributed by atoms with van der Waals surface area (Å²) in [6.07, 6.45) is -1.49. The number of nitrogens with one attached hydrogen (secondary N) is 1. The fraction of sp³-hybridized carbons (Fsp3) is 0.350. The fourth-order valence-corrected chi connectivity index (χ4v) is 4.95. The monoisotopic (exact) mass is 505 g/mol. The van der Waals surface area contributed by atoms with Gasteiger partial charge in [-0.25, -0.2) is 15.0 Å². The van der Waals surface area contributed by atoms with Gasteiger partial charge in [-0.1, -0.05) is 47.5 Å². The normalized spacial score (nSPS) is 17.0. The zero-order valence-electron chi connectivity index (χ0n) is 16.7. The molecular weight excluding hydrogens is 489 g/mol. The number of hydrogen-bond donors (Lipinski definition) is 1. The molecule has 1 fully saturated rings. The van der Waals surface area contributed by atoms with E-state index < -0.39 is 17.6 Å². The van der Waals surface area contributed by atoms with Gasteiger partial charge in [-0.05, 0) is 30.9 Å². The molecule has 0 amide bonds. The first kappa shape index (κ1) is 23.0. The maximum absolute atomic E-state index is 14.3. The summed E-state index contributed by atoms with van der Waals surface area (Å²) in [6.45, 7) is 3.60. The Hall–Kier alpha value is -2.17. The van der Waals surface area contributed by atoms with Crippen molar-refractivity contribution in [1.29, 1.82) is 0 Å². The number of anilines is 3. The Balaban J connectivity index is 1.79. The number of piperidine rings is 1. The van der Waals surface area contributed by atoms with Crippen LogP contribution in [0.4, 0.5) is 33.5 Å². The number of benzene rings is 1. The number of halogens is 6. The van der Waals surface area contributed by atoms with Crippen molar-refractivity contribution in [3.63, 3.8) is 0 Å². The highest BCUT2D eigenvalue weighted by Gasteiger charge is 2.34. The van der Waals surface area contributed by atoms with Gasteiger partial charge in [-0.2, -0.15) is 17.6 Å².